The number of hydrogen-bond acceptors (Lipinski definition) is 4. The smallest absolute Gasteiger partial charge is 0.120 e. The average molecular weight is 505 g/mol. The van der Waals surface area contributed by atoms with Gasteiger partial charge in [-0.3, -0.25) is 0 Å². The lowest BCUT2D eigenvalue weighted by Gasteiger charge is -2.22. The fourth-order valence-corrected chi connectivity index (χ4v) is 6.99. The number of aliphatic imine (C=N–C) groups is 1. The van der Waals surface area contributed by atoms with Crippen LogP contribution in [0, 0.1) is 19.8 Å². The molecular weight excluding hydrogens is 468 g/mol. The summed E-state index contributed by atoms with van der Waals surface area (Å²) < 4.78 is 6.58. The number of thioether (sulfide) groups is 1. The van der Waals surface area contributed by atoms with E-state index in [-0.39, 0.29) is 0 Å². The molecule has 0 fully saturated rings. The molecule has 1 unspecified atom stereocenters. The Morgan fingerprint density at radius 1 is 1.11 bits per heavy atom. The SMILES string of the molecule is CCCCC(CCCC)Oc1cc(C)c(/C(=C2\CC3C=CSC3=N2)c2cc3ccsc3[nH]2)c(C)c1. The second kappa shape index (κ2) is 10.8. The number of hydrogen-bond donors (Lipinski definition) is 1. The number of nitrogens with zero attached hydrogens (tertiary/aromatic N) is 1. The van der Waals surface area contributed by atoms with Crippen LogP contribution in [0.1, 0.15) is 81.2 Å². The molecule has 0 bridgehead atoms. The molecule has 2 aliphatic rings. The number of fused-ring (bicyclic) bond motifs is 2. The molecule has 5 heteroatoms. The summed E-state index contributed by atoms with van der Waals surface area (Å²) in [6, 6.07) is 8.98. The molecule has 0 saturated heterocycles. The Morgan fingerprint density at radius 3 is 2.51 bits per heavy atom. The summed E-state index contributed by atoms with van der Waals surface area (Å²) in [6.45, 7) is 8.97. The molecular formula is C30H36N2OS2. The molecule has 5 rings (SSSR count). The Hall–Kier alpha value is -2.24. The summed E-state index contributed by atoms with van der Waals surface area (Å²) >= 11 is 3.53. The van der Waals surface area contributed by atoms with Gasteiger partial charge < -0.3 is 9.72 Å². The first-order valence-corrected chi connectivity index (χ1v) is 14.8. The highest BCUT2D eigenvalue weighted by atomic mass is 32.2. The van der Waals surface area contributed by atoms with Crippen molar-refractivity contribution in [3.05, 3.63) is 69.2 Å². The molecule has 2 aromatic heterocycles. The standard InChI is InChI=1S/C30H36N2OS2/c1-5-7-9-23(10-8-6-2)33-24-15-19(3)27(20(4)16-24)28(25-17-21-11-13-34-29(21)31-25)26-18-22-12-14-35-30(22)32-26/h11-17,22-23,31H,5-10,18H2,1-4H3/b28-26+. The van der Waals surface area contributed by atoms with Gasteiger partial charge in [0, 0.05) is 29.0 Å². The molecule has 1 aromatic carbocycles. The lowest BCUT2D eigenvalue weighted by Crippen LogP contribution is -2.17. The van der Waals surface area contributed by atoms with E-state index in [4.69, 9.17) is 9.73 Å². The number of thiophene rings is 1. The molecule has 3 nitrogen and oxygen atoms in total. The topological polar surface area (TPSA) is 37.4 Å². The maximum Gasteiger partial charge on any atom is 0.120 e. The third-order valence-corrected chi connectivity index (χ3v) is 8.87. The monoisotopic (exact) mass is 504 g/mol. The lowest BCUT2D eigenvalue weighted by molar-refractivity contribution is 0.174. The molecule has 1 atom stereocenters. The van der Waals surface area contributed by atoms with Crippen molar-refractivity contribution in [3.63, 3.8) is 0 Å². The van der Waals surface area contributed by atoms with Gasteiger partial charge in [0.15, 0.2) is 0 Å². The number of unbranched alkanes of at least 4 members (excludes halogenated alkanes) is 2. The van der Waals surface area contributed by atoms with Crippen LogP contribution in [0.15, 0.2) is 51.8 Å². The first-order valence-electron chi connectivity index (χ1n) is 13.1. The predicted octanol–water partition coefficient (Wildman–Crippen LogP) is 9.41. The summed E-state index contributed by atoms with van der Waals surface area (Å²) in [5, 5.41) is 6.83. The van der Waals surface area contributed by atoms with Gasteiger partial charge >= 0.3 is 0 Å². The van der Waals surface area contributed by atoms with Crippen LogP contribution < -0.4 is 4.74 Å². The molecule has 35 heavy (non-hydrogen) atoms. The Balaban J connectivity index is 1.53. The van der Waals surface area contributed by atoms with Gasteiger partial charge in [-0.05, 0) is 78.4 Å². The van der Waals surface area contributed by atoms with Crippen molar-refractivity contribution in [3.8, 4) is 5.75 Å². The number of benzene rings is 1. The zero-order valence-electron chi connectivity index (χ0n) is 21.3. The normalized spacial score (nSPS) is 18.5. The van der Waals surface area contributed by atoms with Crippen LogP contribution >= 0.6 is 23.1 Å². The van der Waals surface area contributed by atoms with Gasteiger partial charge in [-0.2, -0.15) is 0 Å². The van der Waals surface area contributed by atoms with Crippen molar-refractivity contribution in [2.75, 3.05) is 0 Å². The molecule has 2 aliphatic heterocycles. The summed E-state index contributed by atoms with van der Waals surface area (Å²) in [6.07, 6.45) is 10.7. The van der Waals surface area contributed by atoms with E-state index < -0.39 is 0 Å². The zero-order valence-corrected chi connectivity index (χ0v) is 23.0. The van der Waals surface area contributed by atoms with E-state index in [1.807, 2.05) is 0 Å². The molecule has 3 aromatic rings. The first kappa shape index (κ1) is 24.5. The van der Waals surface area contributed by atoms with Gasteiger partial charge in [-0.15, -0.1) is 11.3 Å². The number of aryl methyl sites for hydroxylation is 2. The number of aromatic amines is 1. The highest BCUT2D eigenvalue weighted by Gasteiger charge is 2.30. The molecule has 4 heterocycles. The highest BCUT2D eigenvalue weighted by molar-refractivity contribution is 8.16. The van der Waals surface area contributed by atoms with Crippen molar-refractivity contribution in [1.29, 1.82) is 0 Å². The van der Waals surface area contributed by atoms with E-state index in [0.717, 1.165) is 25.0 Å². The lowest BCUT2D eigenvalue weighted by atomic mass is 9.90. The Kier molecular flexibility index (Phi) is 7.54. The predicted molar refractivity (Wildman–Crippen MR) is 154 cm³/mol. The minimum absolute atomic E-state index is 0.303. The van der Waals surface area contributed by atoms with Gasteiger partial charge in [0.2, 0.25) is 0 Å². The third-order valence-electron chi connectivity index (χ3n) is 7.10. The van der Waals surface area contributed by atoms with E-state index in [1.165, 1.54) is 74.6 Å². The van der Waals surface area contributed by atoms with Crippen LogP contribution in [0.2, 0.25) is 0 Å². The highest BCUT2D eigenvalue weighted by Crippen LogP contribution is 2.43. The molecule has 184 valence electrons. The van der Waals surface area contributed by atoms with Gasteiger partial charge in [-0.25, -0.2) is 4.99 Å². The largest absolute Gasteiger partial charge is 0.490 e. The fourth-order valence-electron chi connectivity index (χ4n) is 5.30. The second-order valence-corrected chi connectivity index (χ2v) is 11.7. The van der Waals surface area contributed by atoms with E-state index in [2.05, 4.69) is 73.8 Å². The minimum atomic E-state index is 0.303. The second-order valence-electron chi connectivity index (χ2n) is 9.87. The summed E-state index contributed by atoms with van der Waals surface area (Å²) in [4.78, 5) is 10.1. The quantitative estimate of drug-likeness (QED) is 0.298. The number of nitrogens with one attached hydrogen (secondary N) is 1. The van der Waals surface area contributed by atoms with Crippen LogP contribution in [0.3, 0.4) is 0 Å². The van der Waals surface area contributed by atoms with E-state index in [0.29, 0.717) is 12.0 Å². The minimum Gasteiger partial charge on any atom is -0.490 e. The number of rotatable bonds is 10. The van der Waals surface area contributed by atoms with Crippen molar-refractivity contribution < 1.29 is 4.74 Å². The van der Waals surface area contributed by atoms with Crippen molar-refractivity contribution in [2.24, 2.45) is 10.9 Å². The maximum absolute atomic E-state index is 6.58. The van der Waals surface area contributed by atoms with Crippen LogP contribution in [0.25, 0.3) is 15.8 Å². The van der Waals surface area contributed by atoms with Crippen molar-refractivity contribution in [2.45, 2.75) is 78.7 Å². The molecule has 0 aliphatic carbocycles. The molecule has 0 amide bonds. The van der Waals surface area contributed by atoms with Crippen LogP contribution in [-0.4, -0.2) is 16.1 Å². The Bertz CT molecular complexity index is 1230. The molecule has 0 saturated carbocycles. The summed E-state index contributed by atoms with van der Waals surface area (Å²) in [5.41, 5.74) is 7.41. The van der Waals surface area contributed by atoms with Gasteiger partial charge in [0.25, 0.3) is 0 Å². The number of allylic oxidation sites excluding steroid dienone is 2. The Labute approximate surface area is 217 Å². The number of aromatic nitrogens is 1. The van der Waals surface area contributed by atoms with Crippen LogP contribution in [0.4, 0.5) is 0 Å². The summed E-state index contributed by atoms with van der Waals surface area (Å²) in [7, 11) is 0. The van der Waals surface area contributed by atoms with Crippen molar-refractivity contribution >= 4 is 43.9 Å². The average Bonchev–Trinajstić information content (AvgIpc) is 3.59. The fraction of sp³-hybridized carbons (Fsp3) is 0.433. The van der Waals surface area contributed by atoms with Gasteiger partial charge in [0.1, 0.15) is 10.6 Å². The van der Waals surface area contributed by atoms with Crippen LogP contribution in [-0.2, 0) is 0 Å². The molecule has 1 N–H and O–H groups in total. The van der Waals surface area contributed by atoms with E-state index in [1.54, 1.807) is 23.1 Å². The van der Waals surface area contributed by atoms with Crippen LogP contribution in [0.5, 0.6) is 5.75 Å². The Morgan fingerprint density at radius 2 is 1.86 bits per heavy atom. The van der Waals surface area contributed by atoms with Gasteiger partial charge in [0.05, 0.1) is 16.8 Å². The summed E-state index contributed by atoms with van der Waals surface area (Å²) in [5.74, 6) is 1.44. The van der Waals surface area contributed by atoms with E-state index >= 15 is 0 Å². The first-order chi connectivity index (χ1) is 17.1. The maximum atomic E-state index is 6.58. The van der Waals surface area contributed by atoms with E-state index in [9.17, 15) is 0 Å². The number of ether oxygens (including phenoxy) is 1. The zero-order chi connectivity index (χ0) is 24.4. The molecule has 0 spiro atoms. The molecule has 0 radical (unpaired) electrons. The van der Waals surface area contributed by atoms with Crippen molar-refractivity contribution in [1.82, 2.24) is 4.98 Å². The number of H-pyrrole nitrogens is 1. The third kappa shape index (κ3) is 5.17. The van der Waals surface area contributed by atoms with Gasteiger partial charge in [-0.1, -0.05) is 57.4 Å².